The molecule has 4 rings (SSSR count). The maximum atomic E-state index is 12.7. The average Bonchev–Trinajstić information content (AvgIpc) is 3.28. The number of amides is 1. The molecule has 1 amide bonds. The van der Waals surface area contributed by atoms with Crippen molar-refractivity contribution < 1.29 is 37.6 Å². The van der Waals surface area contributed by atoms with Gasteiger partial charge in [-0.15, -0.1) is 0 Å². The van der Waals surface area contributed by atoms with E-state index >= 15 is 0 Å². The van der Waals surface area contributed by atoms with E-state index in [1.54, 1.807) is 41.5 Å². The van der Waals surface area contributed by atoms with Crippen molar-refractivity contribution in [2.75, 3.05) is 11.9 Å². The van der Waals surface area contributed by atoms with Gasteiger partial charge in [0.2, 0.25) is 5.91 Å². The fourth-order valence-electron chi connectivity index (χ4n) is 3.40. The first-order valence-corrected chi connectivity index (χ1v) is 12.2. The Morgan fingerprint density at radius 1 is 1.18 bits per heavy atom. The van der Waals surface area contributed by atoms with E-state index in [1.165, 1.54) is 17.2 Å². The summed E-state index contributed by atoms with van der Waals surface area (Å²) in [4.78, 5) is 47.8. The second kappa shape index (κ2) is 8.35. The van der Waals surface area contributed by atoms with Gasteiger partial charge in [-0.2, -0.15) is 0 Å². The van der Waals surface area contributed by atoms with E-state index < -0.39 is 49.2 Å². The standard InChI is InChI=1S/C20H28N5O8P/c1-19(2,3)17(26)24-14-11-15(22-8-21-14)25(9-23-11)16-13(32-18(27)20(4,5)6)12-10(31-16)7-30-34(28,29)33-12/h8-10,12-13,16H,7H2,1-6H3,(H,28,29)(H,21,22,24,26)/t10-,12-,13-,16-/m1/s1. The molecule has 34 heavy (non-hydrogen) atoms. The van der Waals surface area contributed by atoms with Crippen molar-refractivity contribution in [2.24, 2.45) is 10.8 Å². The predicted octanol–water partition coefficient (Wildman–Crippen LogP) is 2.18. The number of phosphoric ester groups is 1. The molecule has 0 bridgehead atoms. The Labute approximate surface area is 195 Å². The van der Waals surface area contributed by atoms with Crippen LogP contribution in [0.25, 0.3) is 11.2 Å². The zero-order valence-electron chi connectivity index (χ0n) is 19.7. The van der Waals surface area contributed by atoms with Gasteiger partial charge in [-0.1, -0.05) is 20.8 Å². The Morgan fingerprint density at radius 2 is 1.88 bits per heavy atom. The molecule has 0 aliphatic carbocycles. The van der Waals surface area contributed by atoms with Crippen LogP contribution < -0.4 is 5.32 Å². The summed E-state index contributed by atoms with van der Waals surface area (Å²) in [6.45, 7) is 10.1. The third-order valence-corrected chi connectivity index (χ3v) is 6.33. The molecular formula is C20H28N5O8P. The minimum Gasteiger partial charge on any atom is -0.454 e. The molecule has 2 aliphatic heterocycles. The Morgan fingerprint density at radius 3 is 2.53 bits per heavy atom. The van der Waals surface area contributed by atoms with E-state index in [9.17, 15) is 19.0 Å². The third kappa shape index (κ3) is 4.71. The van der Waals surface area contributed by atoms with Gasteiger partial charge in [0.15, 0.2) is 29.3 Å². The van der Waals surface area contributed by atoms with E-state index in [2.05, 4.69) is 20.3 Å². The number of carbonyl (C=O) groups excluding carboxylic acids is 2. The Kier molecular flexibility index (Phi) is 6.06. The van der Waals surface area contributed by atoms with Gasteiger partial charge in [-0.3, -0.25) is 23.2 Å². The van der Waals surface area contributed by atoms with Gasteiger partial charge in [-0.25, -0.2) is 19.5 Å². The van der Waals surface area contributed by atoms with E-state index in [0.717, 1.165) is 0 Å². The number of nitrogens with one attached hydrogen (secondary N) is 1. The maximum absolute atomic E-state index is 12.7. The lowest BCUT2D eigenvalue weighted by Gasteiger charge is -2.30. The van der Waals surface area contributed by atoms with Gasteiger partial charge in [0.1, 0.15) is 18.5 Å². The van der Waals surface area contributed by atoms with Gasteiger partial charge in [0.05, 0.1) is 18.3 Å². The average molecular weight is 497 g/mol. The number of hydrogen-bond donors (Lipinski definition) is 2. The minimum absolute atomic E-state index is 0.210. The molecule has 2 aliphatic rings. The van der Waals surface area contributed by atoms with Gasteiger partial charge < -0.3 is 19.7 Å². The van der Waals surface area contributed by atoms with Crippen molar-refractivity contribution in [1.29, 1.82) is 0 Å². The molecule has 2 fully saturated rings. The lowest BCUT2D eigenvalue weighted by molar-refractivity contribution is -0.167. The lowest BCUT2D eigenvalue weighted by atomic mass is 9.96. The van der Waals surface area contributed by atoms with Crippen LogP contribution in [0.5, 0.6) is 0 Å². The SMILES string of the molecule is CC(C)(C)C(=O)Nc1ncnc2c1ncn2[C@@H]1O[C@@H]2COP(=O)(O)O[C@H]2[C@H]1OC(=O)C(C)(C)C. The Bertz CT molecular complexity index is 1170. The highest BCUT2D eigenvalue weighted by Crippen LogP contribution is 2.53. The largest absolute Gasteiger partial charge is 0.472 e. The summed E-state index contributed by atoms with van der Waals surface area (Å²) in [5.41, 5.74) is -0.913. The molecular weight excluding hydrogens is 469 g/mol. The predicted molar refractivity (Wildman–Crippen MR) is 117 cm³/mol. The molecule has 0 spiro atoms. The molecule has 0 radical (unpaired) electrons. The number of rotatable bonds is 3. The number of fused-ring (bicyclic) bond motifs is 2. The van der Waals surface area contributed by atoms with Crippen LogP contribution in [0.3, 0.4) is 0 Å². The summed E-state index contributed by atoms with van der Waals surface area (Å²) in [5.74, 6) is -0.597. The number of anilines is 1. The molecule has 2 aromatic heterocycles. The van der Waals surface area contributed by atoms with Crippen LogP contribution in [-0.2, 0) is 32.7 Å². The van der Waals surface area contributed by atoms with Gasteiger partial charge in [0.25, 0.3) is 0 Å². The van der Waals surface area contributed by atoms with Crippen LogP contribution >= 0.6 is 7.82 Å². The normalized spacial score (nSPS) is 29.6. The number of nitrogens with zero attached hydrogens (tertiary/aromatic N) is 4. The molecule has 1 unspecified atom stereocenters. The first kappa shape index (κ1) is 24.7. The van der Waals surface area contributed by atoms with Gasteiger partial charge >= 0.3 is 13.8 Å². The number of hydrogen-bond acceptors (Lipinski definition) is 10. The first-order valence-electron chi connectivity index (χ1n) is 10.7. The third-order valence-electron chi connectivity index (χ3n) is 5.34. The molecule has 2 aromatic rings. The number of carbonyl (C=O) groups is 2. The highest BCUT2D eigenvalue weighted by Gasteiger charge is 2.55. The Hall–Kier alpha value is -2.44. The van der Waals surface area contributed by atoms with Crippen molar-refractivity contribution >= 4 is 36.7 Å². The molecule has 5 atom stereocenters. The summed E-state index contributed by atoms with van der Waals surface area (Å²) < 4.78 is 35.4. The monoisotopic (exact) mass is 497 g/mol. The van der Waals surface area contributed by atoms with Crippen molar-refractivity contribution in [1.82, 2.24) is 19.5 Å². The Balaban J connectivity index is 1.72. The summed E-state index contributed by atoms with van der Waals surface area (Å²) >= 11 is 0. The van der Waals surface area contributed by atoms with Crippen molar-refractivity contribution in [3.63, 3.8) is 0 Å². The van der Waals surface area contributed by atoms with E-state index in [0.29, 0.717) is 11.2 Å². The fraction of sp³-hybridized carbons (Fsp3) is 0.650. The van der Waals surface area contributed by atoms with E-state index in [1.807, 2.05) is 0 Å². The molecule has 0 saturated carbocycles. The number of phosphoric acid groups is 1. The number of esters is 1. The number of imidazole rings is 1. The van der Waals surface area contributed by atoms with Crippen LogP contribution in [0, 0.1) is 10.8 Å². The molecule has 4 heterocycles. The molecule has 2 saturated heterocycles. The highest BCUT2D eigenvalue weighted by molar-refractivity contribution is 7.47. The molecule has 0 aromatic carbocycles. The second-order valence-electron chi connectivity index (χ2n) is 10.3. The molecule has 14 heteroatoms. The van der Waals surface area contributed by atoms with Crippen molar-refractivity contribution in [3.8, 4) is 0 Å². The topological polar surface area (TPSA) is 164 Å². The van der Waals surface area contributed by atoms with Gasteiger partial charge in [-0.05, 0) is 20.8 Å². The summed E-state index contributed by atoms with van der Waals surface area (Å²) in [6, 6.07) is 0. The molecule has 13 nitrogen and oxygen atoms in total. The molecule has 2 N–H and O–H groups in total. The quantitative estimate of drug-likeness (QED) is 0.472. The van der Waals surface area contributed by atoms with Crippen LogP contribution in [-0.4, -0.2) is 61.2 Å². The smallest absolute Gasteiger partial charge is 0.454 e. The van der Waals surface area contributed by atoms with Crippen LogP contribution in [0.2, 0.25) is 0 Å². The number of ether oxygens (including phenoxy) is 2. The van der Waals surface area contributed by atoms with Crippen LogP contribution in [0.15, 0.2) is 12.7 Å². The van der Waals surface area contributed by atoms with Gasteiger partial charge in [0, 0.05) is 5.41 Å². The van der Waals surface area contributed by atoms with Crippen LogP contribution in [0.4, 0.5) is 5.82 Å². The lowest BCUT2D eigenvalue weighted by Crippen LogP contribution is -2.43. The van der Waals surface area contributed by atoms with Crippen LogP contribution in [0.1, 0.15) is 47.8 Å². The minimum atomic E-state index is -4.34. The zero-order chi connectivity index (χ0) is 25.1. The summed E-state index contributed by atoms with van der Waals surface area (Å²) in [5, 5.41) is 2.75. The fourth-order valence-corrected chi connectivity index (χ4v) is 4.36. The van der Waals surface area contributed by atoms with E-state index in [4.69, 9.17) is 18.5 Å². The zero-order valence-corrected chi connectivity index (χ0v) is 20.6. The second-order valence-corrected chi connectivity index (χ2v) is 11.7. The first-order chi connectivity index (χ1) is 15.7. The van der Waals surface area contributed by atoms with Crippen molar-refractivity contribution in [3.05, 3.63) is 12.7 Å². The molecule has 186 valence electrons. The van der Waals surface area contributed by atoms with Crippen molar-refractivity contribution in [2.45, 2.75) is 66.1 Å². The van der Waals surface area contributed by atoms with E-state index in [-0.39, 0.29) is 18.3 Å². The number of aromatic nitrogens is 4. The summed E-state index contributed by atoms with van der Waals surface area (Å²) in [7, 11) is -4.34. The maximum Gasteiger partial charge on any atom is 0.472 e. The summed E-state index contributed by atoms with van der Waals surface area (Å²) in [6.07, 6.45) is -1.25. The highest BCUT2D eigenvalue weighted by atomic mass is 31.2.